The second-order valence-corrected chi connectivity index (χ2v) is 8.03. The van der Waals surface area contributed by atoms with Crippen LogP contribution in [0.1, 0.15) is 29.8 Å². The summed E-state index contributed by atoms with van der Waals surface area (Å²) in [4.78, 5) is 23.9. The zero-order valence-corrected chi connectivity index (χ0v) is 17.0. The Balaban J connectivity index is 1.89. The number of carbonyl (C=O) groups is 2. The van der Waals surface area contributed by atoms with Crippen molar-refractivity contribution in [2.75, 3.05) is 19.7 Å². The maximum atomic E-state index is 12.8. The minimum atomic E-state index is -3.61. The van der Waals surface area contributed by atoms with Gasteiger partial charge in [0.15, 0.2) is 6.61 Å². The second kappa shape index (κ2) is 10.1. The van der Waals surface area contributed by atoms with Gasteiger partial charge < -0.3 is 10.1 Å². The molecule has 1 amide bonds. The van der Waals surface area contributed by atoms with Gasteiger partial charge in [0, 0.05) is 19.6 Å². The van der Waals surface area contributed by atoms with Crippen LogP contribution in [-0.2, 0) is 26.1 Å². The summed E-state index contributed by atoms with van der Waals surface area (Å²) in [5.74, 6) is -1.62. The van der Waals surface area contributed by atoms with Gasteiger partial charge in [-0.2, -0.15) is 4.31 Å². The van der Waals surface area contributed by atoms with Crippen molar-refractivity contribution < 1.29 is 27.1 Å². The van der Waals surface area contributed by atoms with Gasteiger partial charge in [-0.05, 0) is 42.0 Å². The van der Waals surface area contributed by atoms with E-state index in [9.17, 15) is 22.4 Å². The highest BCUT2D eigenvalue weighted by Crippen LogP contribution is 2.16. The summed E-state index contributed by atoms with van der Waals surface area (Å²) in [7, 11) is -3.61. The molecule has 0 bridgehead atoms. The van der Waals surface area contributed by atoms with Gasteiger partial charge in [-0.3, -0.25) is 4.79 Å². The maximum absolute atomic E-state index is 12.8. The Morgan fingerprint density at radius 2 is 1.59 bits per heavy atom. The number of carbonyl (C=O) groups excluding carboxylic acids is 2. The molecule has 0 aliphatic rings. The predicted molar refractivity (Wildman–Crippen MR) is 105 cm³/mol. The fourth-order valence-electron chi connectivity index (χ4n) is 2.54. The van der Waals surface area contributed by atoms with Gasteiger partial charge in [0.05, 0.1) is 10.5 Å². The molecule has 2 aromatic rings. The summed E-state index contributed by atoms with van der Waals surface area (Å²) < 4.78 is 44.0. The second-order valence-electron chi connectivity index (χ2n) is 6.09. The van der Waals surface area contributed by atoms with Crippen LogP contribution < -0.4 is 5.32 Å². The van der Waals surface area contributed by atoms with Crippen LogP contribution in [0.15, 0.2) is 53.4 Å². The highest BCUT2D eigenvalue weighted by atomic mass is 32.2. The molecule has 0 heterocycles. The van der Waals surface area contributed by atoms with Crippen molar-refractivity contribution in [2.45, 2.75) is 25.3 Å². The van der Waals surface area contributed by atoms with E-state index in [0.717, 1.165) is 0 Å². The first-order valence-corrected chi connectivity index (χ1v) is 10.5. The van der Waals surface area contributed by atoms with Crippen molar-refractivity contribution in [3.8, 4) is 0 Å². The number of hydrogen-bond donors (Lipinski definition) is 1. The van der Waals surface area contributed by atoms with E-state index in [1.807, 2.05) is 0 Å². The third kappa shape index (κ3) is 6.10. The maximum Gasteiger partial charge on any atom is 0.338 e. The van der Waals surface area contributed by atoms with Crippen LogP contribution in [0.2, 0.25) is 0 Å². The lowest BCUT2D eigenvalue weighted by molar-refractivity contribution is -0.124. The summed E-state index contributed by atoms with van der Waals surface area (Å²) in [5.41, 5.74) is 0.839. The molecule has 0 saturated carbocycles. The molecule has 7 nitrogen and oxygen atoms in total. The number of ether oxygens (including phenoxy) is 1. The topological polar surface area (TPSA) is 92.8 Å². The Kier molecular flexibility index (Phi) is 7.86. The quantitative estimate of drug-likeness (QED) is 0.626. The SMILES string of the molecule is CCN(CC)S(=O)(=O)c1ccc(C(=O)OCC(=O)NCc2ccc(F)cc2)cc1. The molecule has 2 aromatic carbocycles. The van der Waals surface area contributed by atoms with Crippen LogP contribution in [0.4, 0.5) is 4.39 Å². The van der Waals surface area contributed by atoms with Crippen LogP contribution in [0.25, 0.3) is 0 Å². The molecule has 0 aliphatic carbocycles. The lowest BCUT2D eigenvalue weighted by Gasteiger charge is -2.18. The highest BCUT2D eigenvalue weighted by molar-refractivity contribution is 7.89. The Morgan fingerprint density at radius 3 is 2.14 bits per heavy atom. The first kappa shape index (κ1) is 22.5. The number of nitrogens with zero attached hydrogens (tertiary/aromatic N) is 1. The fraction of sp³-hybridized carbons (Fsp3) is 0.300. The Labute approximate surface area is 169 Å². The van der Waals surface area contributed by atoms with E-state index < -0.39 is 28.5 Å². The summed E-state index contributed by atoms with van der Waals surface area (Å²) in [5, 5.41) is 2.56. The molecule has 0 unspecified atom stereocenters. The summed E-state index contributed by atoms with van der Waals surface area (Å²) >= 11 is 0. The minimum Gasteiger partial charge on any atom is -0.452 e. The summed E-state index contributed by atoms with van der Waals surface area (Å²) in [6.07, 6.45) is 0. The first-order valence-electron chi connectivity index (χ1n) is 9.06. The van der Waals surface area contributed by atoms with E-state index >= 15 is 0 Å². The number of rotatable bonds is 9. The van der Waals surface area contributed by atoms with E-state index in [0.29, 0.717) is 18.7 Å². The van der Waals surface area contributed by atoms with Gasteiger partial charge in [0.2, 0.25) is 10.0 Å². The molecule has 0 aromatic heterocycles. The van der Waals surface area contributed by atoms with Crippen molar-refractivity contribution >= 4 is 21.9 Å². The average Bonchev–Trinajstić information content (AvgIpc) is 2.72. The normalized spacial score (nSPS) is 11.3. The Morgan fingerprint density at radius 1 is 1.00 bits per heavy atom. The molecule has 1 N–H and O–H groups in total. The van der Waals surface area contributed by atoms with Crippen molar-refractivity contribution in [3.05, 3.63) is 65.5 Å². The fourth-order valence-corrected chi connectivity index (χ4v) is 4.00. The molecule has 0 spiro atoms. The van der Waals surface area contributed by atoms with Crippen molar-refractivity contribution in [3.63, 3.8) is 0 Å². The van der Waals surface area contributed by atoms with Gasteiger partial charge >= 0.3 is 5.97 Å². The molecule has 156 valence electrons. The third-order valence-corrected chi connectivity index (χ3v) is 6.23. The van der Waals surface area contributed by atoms with Crippen LogP contribution >= 0.6 is 0 Å². The molecule has 2 rings (SSSR count). The molecule has 0 fully saturated rings. The van der Waals surface area contributed by atoms with Crippen LogP contribution in [0.3, 0.4) is 0 Å². The van der Waals surface area contributed by atoms with E-state index in [2.05, 4.69) is 5.32 Å². The third-order valence-electron chi connectivity index (χ3n) is 4.17. The largest absolute Gasteiger partial charge is 0.452 e. The van der Waals surface area contributed by atoms with Crippen LogP contribution in [-0.4, -0.2) is 44.3 Å². The van der Waals surface area contributed by atoms with E-state index in [-0.39, 0.29) is 22.8 Å². The van der Waals surface area contributed by atoms with Crippen LogP contribution in [0.5, 0.6) is 0 Å². The smallest absolute Gasteiger partial charge is 0.338 e. The lowest BCUT2D eigenvalue weighted by Crippen LogP contribution is -2.30. The molecular weight excluding hydrogens is 399 g/mol. The zero-order chi connectivity index (χ0) is 21.4. The number of nitrogens with one attached hydrogen (secondary N) is 1. The predicted octanol–water partition coefficient (Wildman–Crippen LogP) is 2.33. The van der Waals surface area contributed by atoms with Crippen molar-refractivity contribution in [2.24, 2.45) is 0 Å². The molecule has 9 heteroatoms. The zero-order valence-electron chi connectivity index (χ0n) is 16.2. The Bertz CT molecular complexity index is 940. The van der Waals surface area contributed by atoms with Gasteiger partial charge in [0.1, 0.15) is 5.82 Å². The average molecular weight is 422 g/mol. The molecular formula is C20H23FN2O5S. The lowest BCUT2D eigenvalue weighted by atomic mass is 10.2. The van der Waals surface area contributed by atoms with E-state index in [1.54, 1.807) is 13.8 Å². The number of esters is 1. The monoisotopic (exact) mass is 422 g/mol. The Hall–Kier alpha value is -2.78. The number of halogens is 1. The first-order chi connectivity index (χ1) is 13.8. The van der Waals surface area contributed by atoms with Crippen LogP contribution in [0, 0.1) is 5.82 Å². The standard InChI is InChI=1S/C20H23FN2O5S/c1-3-23(4-2)29(26,27)18-11-7-16(8-12-18)20(25)28-14-19(24)22-13-15-5-9-17(21)10-6-15/h5-12H,3-4,13-14H2,1-2H3,(H,22,24). The number of benzene rings is 2. The summed E-state index contributed by atoms with van der Waals surface area (Å²) in [6, 6.07) is 11.0. The van der Waals surface area contributed by atoms with Gasteiger partial charge in [0.25, 0.3) is 5.91 Å². The molecule has 0 atom stereocenters. The molecule has 0 aliphatic heterocycles. The van der Waals surface area contributed by atoms with Crippen molar-refractivity contribution in [1.82, 2.24) is 9.62 Å². The van der Waals surface area contributed by atoms with E-state index in [4.69, 9.17) is 4.74 Å². The number of hydrogen-bond acceptors (Lipinski definition) is 5. The number of amides is 1. The molecule has 0 radical (unpaired) electrons. The highest BCUT2D eigenvalue weighted by Gasteiger charge is 2.22. The molecule has 29 heavy (non-hydrogen) atoms. The van der Waals surface area contributed by atoms with Gasteiger partial charge in [-0.25, -0.2) is 17.6 Å². The molecule has 0 saturated heterocycles. The van der Waals surface area contributed by atoms with Gasteiger partial charge in [-0.15, -0.1) is 0 Å². The van der Waals surface area contributed by atoms with Gasteiger partial charge in [-0.1, -0.05) is 26.0 Å². The summed E-state index contributed by atoms with van der Waals surface area (Å²) in [6.45, 7) is 3.86. The van der Waals surface area contributed by atoms with Crippen molar-refractivity contribution in [1.29, 1.82) is 0 Å². The number of sulfonamides is 1. The minimum absolute atomic E-state index is 0.0785. The van der Waals surface area contributed by atoms with E-state index in [1.165, 1.54) is 52.8 Å².